The van der Waals surface area contributed by atoms with Gasteiger partial charge in [-0.2, -0.15) is 8.42 Å². The van der Waals surface area contributed by atoms with Crippen molar-refractivity contribution in [1.82, 2.24) is 0 Å². The average Bonchev–Trinajstić information content (AvgIpc) is 1.55. The highest BCUT2D eigenvalue weighted by Crippen LogP contribution is 2.09. The summed E-state index contributed by atoms with van der Waals surface area (Å²) in [6.45, 7) is 8.35. The number of rotatable bonds is 4. The normalized spacial score (nSPS) is 12.6. The molecule has 0 saturated heterocycles. The maximum absolute atomic E-state index is 10.8. The fraction of sp³-hybridized carbons (Fsp3) is 0.600. The quantitative estimate of drug-likeness (QED) is 0.501. The van der Waals surface area contributed by atoms with Crippen molar-refractivity contribution in [1.29, 1.82) is 0 Å². The summed E-state index contributed by atoms with van der Waals surface area (Å²) in [5.74, 6) is 0. The minimum absolute atomic E-state index is 0.829. The van der Waals surface area contributed by atoms with E-state index in [1.165, 1.54) is 0 Å². The molecular weight excluding hydrogens is 184 g/mol. The summed E-state index contributed by atoms with van der Waals surface area (Å²) in [6, 6.07) is 0. The van der Waals surface area contributed by atoms with Crippen LogP contribution in [0.3, 0.4) is 0 Å². The van der Waals surface area contributed by atoms with Crippen LogP contribution in [0.1, 0.15) is 0 Å². The molecule has 0 aromatic carbocycles. The first-order valence-corrected chi connectivity index (χ1v) is 7.76. The minimum Gasteiger partial charge on any atom is -0.371 e. The molecule has 0 heterocycles. The van der Waals surface area contributed by atoms with E-state index < -0.39 is 18.7 Å². The zero-order valence-corrected chi connectivity index (χ0v) is 8.64. The Kier molecular flexibility index (Phi) is 3.27. The molecule has 0 spiro atoms. The van der Waals surface area contributed by atoms with Crippen molar-refractivity contribution in [2.45, 2.75) is 19.6 Å². The molecule has 0 atom stereocenters. The van der Waals surface area contributed by atoms with Crippen LogP contribution in [-0.2, 0) is 18.5 Å². The molecule has 66 valence electrons. The van der Waals surface area contributed by atoms with Gasteiger partial charge in [0.1, 0.15) is 6.26 Å². The van der Waals surface area contributed by atoms with Crippen LogP contribution in [0, 0.1) is 0 Å². The maximum atomic E-state index is 10.8. The third kappa shape index (κ3) is 6.08. The molecule has 0 amide bonds. The Morgan fingerprint density at radius 1 is 1.36 bits per heavy atom. The van der Waals surface area contributed by atoms with Crippen molar-refractivity contribution in [2.24, 2.45) is 0 Å². The predicted octanol–water partition coefficient (Wildman–Crippen LogP) is 1.24. The van der Waals surface area contributed by atoms with Crippen LogP contribution in [0.2, 0.25) is 19.6 Å². The highest BCUT2D eigenvalue weighted by Gasteiger charge is 2.24. The van der Waals surface area contributed by atoms with Gasteiger partial charge in [-0.3, -0.25) is 3.87 Å². The zero-order valence-electron chi connectivity index (χ0n) is 6.83. The molecule has 0 rings (SSSR count). The molecule has 0 aliphatic rings. The zero-order chi connectivity index (χ0) is 9.12. The maximum Gasteiger partial charge on any atom is 0.438 e. The Bertz CT molecular complexity index is 225. The highest BCUT2D eigenvalue weighted by atomic mass is 32.3. The molecule has 0 fully saturated rings. The van der Waals surface area contributed by atoms with Gasteiger partial charge in [0.05, 0.1) is 0 Å². The van der Waals surface area contributed by atoms with Crippen LogP contribution in [-0.4, -0.2) is 16.7 Å². The predicted molar refractivity (Wildman–Crippen MR) is 44.6 cm³/mol. The van der Waals surface area contributed by atoms with Crippen LogP contribution in [0.5, 0.6) is 0 Å². The van der Waals surface area contributed by atoms with Crippen LogP contribution in [0.25, 0.3) is 0 Å². The molecule has 0 saturated carbocycles. The minimum atomic E-state index is -3.85. The van der Waals surface area contributed by atoms with E-state index in [2.05, 4.69) is 14.6 Å². The number of hydrogen-bond acceptors (Lipinski definition) is 4. The van der Waals surface area contributed by atoms with E-state index in [1.54, 1.807) is 19.6 Å². The van der Waals surface area contributed by atoms with E-state index in [0.717, 1.165) is 6.26 Å². The lowest BCUT2D eigenvalue weighted by Crippen LogP contribution is -2.29. The van der Waals surface area contributed by atoms with Gasteiger partial charge in [0.2, 0.25) is 8.32 Å². The fourth-order valence-electron chi connectivity index (χ4n) is 0.409. The molecule has 6 heteroatoms. The lowest BCUT2D eigenvalue weighted by molar-refractivity contribution is 0.361. The Balaban J connectivity index is 4.26. The summed E-state index contributed by atoms with van der Waals surface area (Å²) in [6.07, 6.45) is 0.829. The standard InChI is InChI=1S/C5H12O4SSi/c1-5-8-10(6,7)9-11(2,3)4/h5H,1H2,2-4H3. The van der Waals surface area contributed by atoms with Gasteiger partial charge in [0.25, 0.3) is 0 Å². The summed E-state index contributed by atoms with van der Waals surface area (Å²) in [5, 5.41) is 0. The SMILES string of the molecule is C=COS(=O)(=O)O[Si](C)(C)C. The Hall–Kier alpha value is -0.333. The van der Waals surface area contributed by atoms with Crippen molar-refractivity contribution < 1.29 is 16.5 Å². The lowest BCUT2D eigenvalue weighted by Gasteiger charge is -2.14. The second-order valence-corrected chi connectivity index (χ2v) is 8.77. The van der Waals surface area contributed by atoms with Gasteiger partial charge < -0.3 is 4.18 Å². The molecular formula is C5H12O4SSi. The van der Waals surface area contributed by atoms with Gasteiger partial charge >= 0.3 is 10.4 Å². The molecule has 0 aliphatic carbocycles. The molecule has 0 radical (unpaired) electrons. The monoisotopic (exact) mass is 196 g/mol. The third-order valence-electron chi connectivity index (χ3n) is 0.538. The molecule has 0 aliphatic heterocycles. The average molecular weight is 196 g/mol. The number of hydrogen-bond donors (Lipinski definition) is 0. The fourth-order valence-corrected chi connectivity index (χ4v) is 3.18. The summed E-state index contributed by atoms with van der Waals surface area (Å²) in [5.41, 5.74) is 0. The van der Waals surface area contributed by atoms with Crippen LogP contribution in [0.15, 0.2) is 12.8 Å². The van der Waals surface area contributed by atoms with Crippen molar-refractivity contribution in [3.8, 4) is 0 Å². The van der Waals surface area contributed by atoms with Crippen molar-refractivity contribution in [2.75, 3.05) is 0 Å². The van der Waals surface area contributed by atoms with Crippen LogP contribution >= 0.6 is 0 Å². The summed E-state index contributed by atoms with van der Waals surface area (Å²) < 4.78 is 30.4. The third-order valence-corrected chi connectivity index (χ3v) is 3.73. The van der Waals surface area contributed by atoms with Gasteiger partial charge in [-0.25, -0.2) is 0 Å². The summed E-state index contributed by atoms with van der Waals surface area (Å²) in [7, 11) is -5.94. The first-order valence-electron chi connectivity index (χ1n) is 3.01. The van der Waals surface area contributed by atoms with E-state index in [4.69, 9.17) is 0 Å². The van der Waals surface area contributed by atoms with Gasteiger partial charge in [-0.05, 0) is 19.6 Å². The molecule has 4 nitrogen and oxygen atoms in total. The molecule has 0 aromatic heterocycles. The Morgan fingerprint density at radius 3 is 2.09 bits per heavy atom. The first-order chi connectivity index (χ1) is 4.77. The lowest BCUT2D eigenvalue weighted by atomic mass is 11.2. The van der Waals surface area contributed by atoms with Gasteiger partial charge in [-0.15, -0.1) is 0 Å². The Labute approximate surface area is 68.3 Å². The van der Waals surface area contributed by atoms with Crippen molar-refractivity contribution in [3.05, 3.63) is 12.8 Å². The Morgan fingerprint density at radius 2 is 1.82 bits per heavy atom. The second kappa shape index (κ2) is 3.38. The van der Waals surface area contributed by atoms with Gasteiger partial charge in [0.15, 0.2) is 0 Å². The topological polar surface area (TPSA) is 52.6 Å². The van der Waals surface area contributed by atoms with Crippen molar-refractivity contribution in [3.63, 3.8) is 0 Å². The molecule has 0 unspecified atom stereocenters. The van der Waals surface area contributed by atoms with Crippen molar-refractivity contribution >= 4 is 18.7 Å². The van der Waals surface area contributed by atoms with Gasteiger partial charge in [0, 0.05) is 0 Å². The van der Waals surface area contributed by atoms with Gasteiger partial charge in [-0.1, -0.05) is 6.58 Å². The summed E-state index contributed by atoms with van der Waals surface area (Å²) >= 11 is 0. The highest BCUT2D eigenvalue weighted by molar-refractivity contribution is 7.83. The second-order valence-electron chi connectivity index (χ2n) is 2.87. The molecule has 11 heavy (non-hydrogen) atoms. The molecule has 0 N–H and O–H groups in total. The van der Waals surface area contributed by atoms with E-state index in [9.17, 15) is 8.42 Å². The summed E-state index contributed by atoms with van der Waals surface area (Å²) in [4.78, 5) is 0. The smallest absolute Gasteiger partial charge is 0.371 e. The molecule has 0 bridgehead atoms. The van der Waals surface area contributed by atoms with E-state index in [-0.39, 0.29) is 0 Å². The first kappa shape index (κ1) is 10.7. The van der Waals surface area contributed by atoms with E-state index >= 15 is 0 Å². The van der Waals surface area contributed by atoms with Crippen LogP contribution in [0.4, 0.5) is 0 Å². The van der Waals surface area contributed by atoms with Crippen LogP contribution < -0.4 is 0 Å². The molecule has 0 aromatic rings. The van der Waals surface area contributed by atoms with E-state index in [0.29, 0.717) is 0 Å². The largest absolute Gasteiger partial charge is 0.438 e. The van der Waals surface area contributed by atoms with E-state index in [1.807, 2.05) is 0 Å².